The molecule has 2 aliphatic rings. The van der Waals surface area contributed by atoms with Crippen molar-refractivity contribution in [2.45, 2.75) is 24.9 Å². The summed E-state index contributed by atoms with van der Waals surface area (Å²) in [7, 11) is -4.59. The summed E-state index contributed by atoms with van der Waals surface area (Å²) in [6.07, 6.45) is 1.17. The molecular formula is C13H15N3O6S. The van der Waals surface area contributed by atoms with Crippen molar-refractivity contribution in [3.05, 3.63) is 24.3 Å². The lowest BCUT2D eigenvalue weighted by molar-refractivity contribution is -0.122. The predicted molar refractivity (Wildman–Crippen MR) is 79.2 cm³/mol. The van der Waals surface area contributed by atoms with Gasteiger partial charge in [0.2, 0.25) is 5.91 Å². The number of anilines is 1. The molecule has 2 fully saturated rings. The average molecular weight is 341 g/mol. The molecule has 2 heterocycles. The van der Waals surface area contributed by atoms with Gasteiger partial charge in [0.1, 0.15) is 11.8 Å². The molecule has 0 radical (unpaired) electrons. The third kappa shape index (κ3) is 2.94. The molecule has 1 aromatic carbocycles. The second kappa shape index (κ2) is 5.39. The van der Waals surface area contributed by atoms with Crippen molar-refractivity contribution in [1.29, 1.82) is 0 Å². The summed E-state index contributed by atoms with van der Waals surface area (Å²) in [5.41, 5.74) is 5.88. The standard InChI is InChI=1S/C13H15N3O6S/c14-12(17)11-6-3-9-7-15(11)13(18)16(9)8-1-4-10(5-2-8)22-23(19,20)21/h1-2,4-5,9,11H,3,6-7H2,(H2,14,17)(H,19,20,21)/t9-,11+/m1/s1. The fraction of sp³-hybridized carbons (Fsp3) is 0.385. The van der Waals surface area contributed by atoms with E-state index in [1.807, 2.05) is 0 Å². The van der Waals surface area contributed by atoms with Gasteiger partial charge in [-0.2, -0.15) is 8.42 Å². The fourth-order valence-corrected chi connectivity index (χ4v) is 3.42. The van der Waals surface area contributed by atoms with Crippen molar-refractivity contribution in [2.24, 2.45) is 5.73 Å². The summed E-state index contributed by atoms with van der Waals surface area (Å²) < 4.78 is 34.3. The minimum atomic E-state index is -4.59. The number of rotatable bonds is 4. The Morgan fingerprint density at radius 1 is 1.26 bits per heavy atom. The first-order valence-corrected chi connectivity index (χ1v) is 8.29. The highest BCUT2D eigenvalue weighted by molar-refractivity contribution is 7.81. The van der Waals surface area contributed by atoms with Gasteiger partial charge in [-0.3, -0.25) is 14.2 Å². The zero-order valence-corrected chi connectivity index (χ0v) is 12.8. The van der Waals surface area contributed by atoms with Gasteiger partial charge in [-0.25, -0.2) is 4.79 Å². The Hall–Kier alpha value is -2.33. The van der Waals surface area contributed by atoms with E-state index in [0.29, 0.717) is 25.1 Å². The highest BCUT2D eigenvalue weighted by Crippen LogP contribution is 2.34. The molecule has 3 rings (SSSR count). The number of fused-ring (bicyclic) bond motifs is 2. The van der Waals surface area contributed by atoms with E-state index in [1.54, 1.807) is 4.90 Å². The maximum atomic E-state index is 12.5. The summed E-state index contributed by atoms with van der Waals surface area (Å²) in [5.74, 6) is -0.586. The maximum absolute atomic E-state index is 12.5. The molecule has 10 heteroatoms. The minimum absolute atomic E-state index is 0.0635. The van der Waals surface area contributed by atoms with Crippen LogP contribution in [0.2, 0.25) is 0 Å². The van der Waals surface area contributed by atoms with Crippen LogP contribution in [0.4, 0.5) is 10.5 Å². The van der Waals surface area contributed by atoms with Gasteiger partial charge in [0, 0.05) is 12.2 Å². The summed E-state index contributed by atoms with van der Waals surface area (Å²) in [5, 5.41) is 0. The molecule has 3 N–H and O–H groups in total. The van der Waals surface area contributed by atoms with Crippen LogP contribution >= 0.6 is 0 Å². The van der Waals surface area contributed by atoms with Crippen molar-refractivity contribution in [3.63, 3.8) is 0 Å². The van der Waals surface area contributed by atoms with E-state index >= 15 is 0 Å². The van der Waals surface area contributed by atoms with Gasteiger partial charge in [-0.15, -0.1) is 0 Å². The Morgan fingerprint density at radius 2 is 1.91 bits per heavy atom. The number of amides is 3. The summed E-state index contributed by atoms with van der Waals surface area (Å²) in [6.45, 7) is 0.426. The summed E-state index contributed by atoms with van der Waals surface area (Å²) in [6, 6.07) is 4.73. The largest absolute Gasteiger partial charge is 0.446 e. The highest BCUT2D eigenvalue weighted by Gasteiger charge is 2.46. The molecule has 3 amide bonds. The summed E-state index contributed by atoms with van der Waals surface area (Å²) >= 11 is 0. The van der Waals surface area contributed by atoms with Gasteiger partial charge >= 0.3 is 16.4 Å². The normalized spacial score (nSPS) is 24.0. The third-order valence-corrected chi connectivity index (χ3v) is 4.42. The first kappa shape index (κ1) is 15.6. The third-order valence-electron chi connectivity index (χ3n) is 4.02. The maximum Gasteiger partial charge on any atom is 0.446 e. The van der Waals surface area contributed by atoms with E-state index in [-0.39, 0.29) is 17.8 Å². The first-order chi connectivity index (χ1) is 10.8. The smallest absolute Gasteiger partial charge is 0.368 e. The van der Waals surface area contributed by atoms with Crippen LogP contribution in [0.5, 0.6) is 5.75 Å². The van der Waals surface area contributed by atoms with Crippen LogP contribution in [0.1, 0.15) is 12.8 Å². The van der Waals surface area contributed by atoms with Crippen LogP contribution in [0.3, 0.4) is 0 Å². The molecule has 2 saturated heterocycles. The van der Waals surface area contributed by atoms with Crippen LogP contribution in [-0.2, 0) is 15.2 Å². The number of hydrogen-bond donors (Lipinski definition) is 2. The van der Waals surface area contributed by atoms with E-state index in [1.165, 1.54) is 29.2 Å². The zero-order chi connectivity index (χ0) is 16.8. The molecular weight excluding hydrogens is 326 g/mol. The van der Waals surface area contributed by atoms with Crippen molar-refractivity contribution >= 4 is 28.0 Å². The topological polar surface area (TPSA) is 130 Å². The Kier molecular flexibility index (Phi) is 3.65. The monoisotopic (exact) mass is 341 g/mol. The lowest BCUT2D eigenvalue weighted by atomic mass is 10.00. The van der Waals surface area contributed by atoms with Gasteiger partial charge in [0.25, 0.3) is 0 Å². The molecule has 9 nitrogen and oxygen atoms in total. The molecule has 2 bridgehead atoms. The number of primary amides is 1. The van der Waals surface area contributed by atoms with Gasteiger partial charge in [0.05, 0.1) is 6.04 Å². The molecule has 0 unspecified atom stereocenters. The molecule has 0 saturated carbocycles. The van der Waals surface area contributed by atoms with E-state index in [2.05, 4.69) is 4.18 Å². The van der Waals surface area contributed by atoms with Crippen LogP contribution in [-0.4, -0.2) is 48.4 Å². The molecule has 23 heavy (non-hydrogen) atoms. The molecule has 124 valence electrons. The predicted octanol–water partition coefficient (Wildman–Crippen LogP) is 0.127. The molecule has 0 spiro atoms. The Bertz CT molecular complexity index is 747. The molecule has 1 aromatic rings. The Labute approximate surface area is 132 Å². The lowest BCUT2D eigenvalue weighted by Gasteiger charge is -2.28. The van der Waals surface area contributed by atoms with E-state index in [9.17, 15) is 18.0 Å². The van der Waals surface area contributed by atoms with Crippen molar-refractivity contribution in [1.82, 2.24) is 4.90 Å². The van der Waals surface area contributed by atoms with E-state index < -0.39 is 22.3 Å². The second-order valence-electron chi connectivity index (χ2n) is 5.46. The molecule has 0 aromatic heterocycles. The number of urea groups is 1. The quantitative estimate of drug-likeness (QED) is 0.748. The van der Waals surface area contributed by atoms with Crippen LogP contribution in [0.15, 0.2) is 24.3 Å². The Morgan fingerprint density at radius 3 is 2.48 bits per heavy atom. The van der Waals surface area contributed by atoms with Crippen molar-refractivity contribution in [3.8, 4) is 5.75 Å². The van der Waals surface area contributed by atoms with E-state index in [4.69, 9.17) is 10.3 Å². The summed E-state index contributed by atoms with van der Waals surface area (Å²) in [4.78, 5) is 26.9. The number of piperidine rings is 1. The van der Waals surface area contributed by atoms with E-state index in [0.717, 1.165) is 0 Å². The number of benzene rings is 1. The zero-order valence-electron chi connectivity index (χ0n) is 12.0. The molecule has 2 aliphatic heterocycles. The SMILES string of the molecule is NC(=O)[C@@H]1CC[C@@H]2CN1C(=O)N2c1ccc(OS(=O)(=O)O)cc1. The van der Waals surface area contributed by atoms with Gasteiger partial charge in [-0.1, -0.05) is 0 Å². The highest BCUT2D eigenvalue weighted by atomic mass is 32.3. The van der Waals surface area contributed by atoms with Crippen molar-refractivity contribution in [2.75, 3.05) is 11.4 Å². The average Bonchev–Trinajstić information content (AvgIpc) is 2.70. The number of carbonyl (C=O) groups is 2. The second-order valence-corrected chi connectivity index (χ2v) is 6.48. The number of hydrogen-bond acceptors (Lipinski definition) is 5. The lowest BCUT2D eigenvalue weighted by Crippen LogP contribution is -2.47. The number of nitrogens with two attached hydrogens (primary N) is 1. The van der Waals surface area contributed by atoms with Crippen molar-refractivity contribution < 1.29 is 26.7 Å². The van der Waals surface area contributed by atoms with Crippen LogP contribution in [0, 0.1) is 0 Å². The minimum Gasteiger partial charge on any atom is -0.368 e. The van der Waals surface area contributed by atoms with Gasteiger partial charge < -0.3 is 14.8 Å². The van der Waals surface area contributed by atoms with Gasteiger partial charge in [-0.05, 0) is 37.1 Å². The van der Waals surface area contributed by atoms with Crippen LogP contribution in [0.25, 0.3) is 0 Å². The fourth-order valence-electron chi connectivity index (χ4n) is 3.07. The Balaban J connectivity index is 1.83. The molecule has 2 atom stereocenters. The van der Waals surface area contributed by atoms with Gasteiger partial charge in [0.15, 0.2) is 0 Å². The number of carbonyl (C=O) groups excluding carboxylic acids is 2. The number of nitrogens with zero attached hydrogens (tertiary/aromatic N) is 2. The first-order valence-electron chi connectivity index (χ1n) is 6.92. The molecule has 0 aliphatic carbocycles. The van der Waals surface area contributed by atoms with Crippen LogP contribution < -0.4 is 14.8 Å².